The molecule has 0 bridgehead atoms. The summed E-state index contributed by atoms with van der Waals surface area (Å²) in [6, 6.07) is 4.33. The van der Waals surface area contributed by atoms with Gasteiger partial charge in [0.2, 0.25) is 0 Å². The smallest absolute Gasteiger partial charge is 0.129 e. The highest BCUT2D eigenvalue weighted by Gasteiger charge is 2.55. The molecule has 0 radical (unpaired) electrons. The Morgan fingerprint density at radius 1 is 1.18 bits per heavy atom. The van der Waals surface area contributed by atoms with Crippen molar-refractivity contribution in [3.05, 3.63) is 35.4 Å². The highest BCUT2D eigenvalue weighted by atomic mass is 19.1. The Labute approximate surface area is 131 Å². The first kappa shape index (κ1) is 15.9. The third-order valence-corrected chi connectivity index (χ3v) is 5.71. The molecule has 1 saturated carbocycles. The summed E-state index contributed by atoms with van der Waals surface area (Å²) in [7, 11) is 1.99. The van der Waals surface area contributed by atoms with Gasteiger partial charge in [-0.2, -0.15) is 5.06 Å². The third kappa shape index (κ3) is 2.37. The van der Waals surface area contributed by atoms with Crippen LogP contribution in [0.3, 0.4) is 0 Å². The molecule has 4 atom stereocenters. The van der Waals surface area contributed by atoms with E-state index in [4.69, 9.17) is 4.84 Å². The lowest BCUT2D eigenvalue weighted by molar-refractivity contribution is -0.182. The Morgan fingerprint density at radius 2 is 1.86 bits per heavy atom. The summed E-state index contributed by atoms with van der Waals surface area (Å²) in [5.41, 5.74) is 0.0836. The van der Waals surface area contributed by atoms with Crippen molar-refractivity contribution < 1.29 is 13.6 Å². The van der Waals surface area contributed by atoms with Crippen LogP contribution in [0, 0.1) is 23.5 Å². The molecule has 0 spiro atoms. The van der Waals surface area contributed by atoms with Gasteiger partial charge in [-0.1, -0.05) is 19.9 Å². The zero-order valence-corrected chi connectivity index (χ0v) is 14.0. The van der Waals surface area contributed by atoms with Gasteiger partial charge in [0.1, 0.15) is 11.6 Å². The standard InChI is InChI=1S/C18H25F2NO/c1-11-9-18(4,13-7-6-12(19)8-15(13)20)10-14-16(11)21(5)22-17(14,2)3/h6-8,11,14,16H,9-10H2,1-5H3. The van der Waals surface area contributed by atoms with Crippen LogP contribution in [0.1, 0.15) is 46.1 Å². The number of benzene rings is 1. The fraction of sp³-hybridized carbons (Fsp3) is 0.667. The molecule has 1 aliphatic carbocycles. The SMILES string of the molecule is CC1CC(C)(c2ccc(F)cc2F)CC2C1N(C)OC2(C)C. The summed E-state index contributed by atoms with van der Waals surface area (Å²) in [6.07, 6.45) is 1.72. The quantitative estimate of drug-likeness (QED) is 0.767. The first-order valence-corrected chi connectivity index (χ1v) is 8.01. The molecule has 1 aliphatic heterocycles. The number of hydrogen-bond donors (Lipinski definition) is 0. The lowest BCUT2D eigenvalue weighted by atomic mass is 9.59. The van der Waals surface area contributed by atoms with E-state index in [0.29, 0.717) is 23.4 Å². The zero-order chi connectivity index (χ0) is 16.3. The van der Waals surface area contributed by atoms with Crippen LogP contribution in [0.2, 0.25) is 0 Å². The van der Waals surface area contributed by atoms with E-state index in [0.717, 1.165) is 18.9 Å². The number of nitrogens with zero attached hydrogens (tertiary/aromatic N) is 1. The second-order valence-corrected chi connectivity index (χ2v) is 7.91. The van der Waals surface area contributed by atoms with Crippen molar-refractivity contribution in [1.29, 1.82) is 0 Å². The van der Waals surface area contributed by atoms with Gasteiger partial charge in [-0.15, -0.1) is 0 Å². The highest BCUT2D eigenvalue weighted by Crippen LogP contribution is 2.53. The van der Waals surface area contributed by atoms with Gasteiger partial charge in [-0.05, 0) is 49.7 Å². The minimum Gasteiger partial charge on any atom is -0.293 e. The normalized spacial score (nSPS) is 38.0. The Bertz CT molecular complexity index is 588. The number of rotatable bonds is 1. The van der Waals surface area contributed by atoms with Crippen molar-refractivity contribution >= 4 is 0 Å². The van der Waals surface area contributed by atoms with Gasteiger partial charge in [0, 0.05) is 25.1 Å². The lowest BCUT2D eigenvalue weighted by Crippen LogP contribution is -2.48. The Morgan fingerprint density at radius 3 is 2.50 bits per heavy atom. The molecule has 22 heavy (non-hydrogen) atoms. The van der Waals surface area contributed by atoms with Crippen LogP contribution in [-0.2, 0) is 10.3 Å². The van der Waals surface area contributed by atoms with E-state index >= 15 is 0 Å². The molecule has 0 aromatic heterocycles. The summed E-state index contributed by atoms with van der Waals surface area (Å²) in [5.74, 6) is -0.232. The second kappa shape index (κ2) is 5.00. The number of hydroxylamine groups is 2. The van der Waals surface area contributed by atoms with Crippen molar-refractivity contribution in [3.63, 3.8) is 0 Å². The number of hydrogen-bond acceptors (Lipinski definition) is 2. The number of fused-ring (bicyclic) bond motifs is 1. The Hall–Kier alpha value is -1.00. The van der Waals surface area contributed by atoms with E-state index in [2.05, 4.69) is 27.7 Å². The van der Waals surface area contributed by atoms with Crippen LogP contribution in [-0.4, -0.2) is 23.8 Å². The van der Waals surface area contributed by atoms with Gasteiger partial charge >= 0.3 is 0 Å². The van der Waals surface area contributed by atoms with Crippen molar-refractivity contribution in [2.45, 2.75) is 57.6 Å². The molecule has 2 nitrogen and oxygen atoms in total. The van der Waals surface area contributed by atoms with Gasteiger partial charge in [-0.3, -0.25) is 4.84 Å². The van der Waals surface area contributed by atoms with Crippen LogP contribution >= 0.6 is 0 Å². The van der Waals surface area contributed by atoms with E-state index in [9.17, 15) is 8.78 Å². The molecule has 1 aromatic rings. The van der Waals surface area contributed by atoms with Gasteiger partial charge in [0.25, 0.3) is 0 Å². The second-order valence-electron chi connectivity index (χ2n) is 7.91. The van der Waals surface area contributed by atoms with Crippen LogP contribution in [0.25, 0.3) is 0 Å². The summed E-state index contributed by atoms with van der Waals surface area (Å²) in [6.45, 7) is 8.52. The van der Waals surface area contributed by atoms with Gasteiger partial charge in [0.05, 0.1) is 5.60 Å². The molecule has 0 N–H and O–H groups in total. The molecule has 1 saturated heterocycles. The molecule has 2 aliphatic rings. The largest absolute Gasteiger partial charge is 0.293 e. The van der Waals surface area contributed by atoms with E-state index in [1.807, 2.05) is 12.1 Å². The topological polar surface area (TPSA) is 12.5 Å². The van der Waals surface area contributed by atoms with Crippen LogP contribution < -0.4 is 0 Å². The molecular weight excluding hydrogens is 284 g/mol. The fourth-order valence-corrected chi connectivity index (χ4v) is 4.88. The maximum atomic E-state index is 14.3. The minimum atomic E-state index is -0.518. The first-order chi connectivity index (χ1) is 10.1. The van der Waals surface area contributed by atoms with Crippen molar-refractivity contribution in [3.8, 4) is 0 Å². The molecule has 1 heterocycles. The van der Waals surface area contributed by atoms with Gasteiger partial charge in [-0.25, -0.2) is 8.78 Å². The van der Waals surface area contributed by atoms with Crippen molar-refractivity contribution in [2.24, 2.45) is 11.8 Å². The average Bonchev–Trinajstić information content (AvgIpc) is 2.58. The van der Waals surface area contributed by atoms with Crippen LogP contribution in [0.5, 0.6) is 0 Å². The predicted octanol–water partition coefficient (Wildman–Crippen LogP) is 4.29. The summed E-state index contributed by atoms with van der Waals surface area (Å²) in [4.78, 5) is 6.02. The van der Waals surface area contributed by atoms with E-state index in [-0.39, 0.29) is 11.0 Å². The summed E-state index contributed by atoms with van der Waals surface area (Å²) in [5, 5.41) is 1.98. The monoisotopic (exact) mass is 309 g/mol. The third-order valence-electron chi connectivity index (χ3n) is 5.71. The molecule has 1 aromatic carbocycles. The Balaban J connectivity index is 1.99. The van der Waals surface area contributed by atoms with E-state index in [1.54, 1.807) is 6.07 Å². The fourth-order valence-electron chi connectivity index (χ4n) is 4.88. The molecule has 4 unspecified atom stereocenters. The average molecular weight is 309 g/mol. The van der Waals surface area contributed by atoms with Crippen molar-refractivity contribution in [2.75, 3.05) is 7.05 Å². The highest BCUT2D eigenvalue weighted by molar-refractivity contribution is 5.29. The van der Waals surface area contributed by atoms with Crippen molar-refractivity contribution in [1.82, 2.24) is 5.06 Å². The van der Waals surface area contributed by atoms with Crippen LogP contribution in [0.15, 0.2) is 18.2 Å². The van der Waals surface area contributed by atoms with E-state index in [1.165, 1.54) is 6.07 Å². The maximum absolute atomic E-state index is 14.3. The zero-order valence-electron chi connectivity index (χ0n) is 14.0. The molecule has 0 amide bonds. The first-order valence-electron chi connectivity index (χ1n) is 8.01. The molecular formula is C18H25F2NO. The molecule has 2 fully saturated rings. The predicted molar refractivity (Wildman–Crippen MR) is 82.3 cm³/mol. The van der Waals surface area contributed by atoms with E-state index < -0.39 is 11.6 Å². The summed E-state index contributed by atoms with van der Waals surface area (Å²) < 4.78 is 27.6. The molecule has 122 valence electrons. The Kier molecular flexibility index (Phi) is 3.61. The number of halogens is 2. The van der Waals surface area contributed by atoms with Crippen LogP contribution in [0.4, 0.5) is 8.78 Å². The maximum Gasteiger partial charge on any atom is 0.129 e. The van der Waals surface area contributed by atoms with Gasteiger partial charge < -0.3 is 0 Å². The minimum absolute atomic E-state index is 0.258. The molecule has 4 heteroatoms. The molecule has 3 rings (SSSR count). The summed E-state index contributed by atoms with van der Waals surface area (Å²) >= 11 is 0. The van der Waals surface area contributed by atoms with Gasteiger partial charge in [0.15, 0.2) is 0 Å². The lowest BCUT2D eigenvalue weighted by Gasteiger charge is -2.46.